The minimum atomic E-state index is -4.06. The summed E-state index contributed by atoms with van der Waals surface area (Å²) < 4.78 is 56.5. The van der Waals surface area contributed by atoms with Gasteiger partial charge in [0.1, 0.15) is 6.54 Å². The molecule has 39 heavy (non-hydrogen) atoms. The Balaban J connectivity index is 1.52. The van der Waals surface area contributed by atoms with Crippen LogP contribution in [-0.4, -0.2) is 39.3 Å². The molecule has 2 N–H and O–H groups in total. The molecule has 0 aliphatic rings. The van der Waals surface area contributed by atoms with Crippen molar-refractivity contribution < 1.29 is 21.6 Å². The number of rotatable bonds is 9. The summed E-state index contributed by atoms with van der Waals surface area (Å²) in [7, 11) is -8.04. The topological polar surface area (TPSA) is 138 Å². The third-order valence-electron chi connectivity index (χ3n) is 5.39. The zero-order valence-corrected chi connectivity index (χ0v) is 24.1. The zero-order valence-electron chi connectivity index (χ0n) is 20.9. The van der Waals surface area contributed by atoms with Gasteiger partial charge < -0.3 is 5.32 Å². The Morgan fingerprint density at radius 1 is 0.821 bits per heavy atom. The van der Waals surface area contributed by atoms with Gasteiger partial charge in [-0.2, -0.15) is 0 Å². The van der Waals surface area contributed by atoms with Crippen LogP contribution in [0, 0.1) is 13.8 Å². The van der Waals surface area contributed by atoms with Gasteiger partial charge in [0.25, 0.3) is 20.0 Å². The molecule has 0 bridgehead atoms. The standard InChI is InChI=1S/C26H24BrN5O5S2/c1-18-16-19(2)29-26(28-18)31-38(34,35)23-14-10-21(11-15-23)30-25(33)17-32(22-12-8-20(27)9-13-22)39(36,37)24-6-4-3-5-7-24/h3-16H,17H2,1-2H3,(H,30,33)(H,28,29,31). The number of halogens is 1. The van der Waals surface area contributed by atoms with Gasteiger partial charge in [-0.05, 0) is 80.6 Å². The number of carbonyl (C=O) groups excluding carboxylic acids is 1. The van der Waals surface area contributed by atoms with Crippen LogP contribution in [0.25, 0.3) is 0 Å². The SMILES string of the molecule is Cc1cc(C)nc(NS(=O)(=O)c2ccc(NC(=O)CN(c3ccc(Br)cc3)S(=O)(=O)c3ccccc3)cc2)n1. The number of aryl methyl sites for hydroxylation is 2. The molecule has 0 saturated carbocycles. The fourth-order valence-corrected chi connectivity index (χ4v) is 6.29. The summed E-state index contributed by atoms with van der Waals surface area (Å²) in [5.41, 5.74) is 1.82. The third kappa shape index (κ3) is 6.99. The lowest BCUT2D eigenvalue weighted by Crippen LogP contribution is -2.38. The second-order valence-electron chi connectivity index (χ2n) is 8.45. The Kier molecular flexibility index (Phi) is 8.33. The van der Waals surface area contributed by atoms with Crippen molar-refractivity contribution >= 4 is 59.2 Å². The molecule has 4 rings (SSSR count). The molecular weight excluding hydrogens is 606 g/mol. The third-order valence-corrected chi connectivity index (χ3v) is 9.05. The molecule has 0 spiro atoms. The van der Waals surface area contributed by atoms with Crippen LogP contribution in [0.4, 0.5) is 17.3 Å². The molecule has 0 saturated heterocycles. The number of hydrogen-bond acceptors (Lipinski definition) is 7. The van der Waals surface area contributed by atoms with Gasteiger partial charge in [0.15, 0.2) is 0 Å². The van der Waals surface area contributed by atoms with E-state index in [1.165, 1.54) is 36.4 Å². The highest BCUT2D eigenvalue weighted by molar-refractivity contribution is 9.10. The quantitative estimate of drug-likeness (QED) is 0.278. The summed E-state index contributed by atoms with van der Waals surface area (Å²) in [6, 6.07) is 21.5. The van der Waals surface area contributed by atoms with Crippen LogP contribution in [0.2, 0.25) is 0 Å². The molecule has 0 fully saturated rings. The van der Waals surface area contributed by atoms with E-state index in [-0.39, 0.29) is 21.4 Å². The predicted octanol–water partition coefficient (Wildman–Crippen LogP) is 4.49. The number of amides is 1. The molecule has 0 aliphatic carbocycles. The van der Waals surface area contributed by atoms with Crippen molar-refractivity contribution in [2.24, 2.45) is 0 Å². The van der Waals surface area contributed by atoms with E-state index in [1.807, 2.05) is 0 Å². The van der Waals surface area contributed by atoms with Crippen molar-refractivity contribution in [2.45, 2.75) is 23.6 Å². The lowest BCUT2D eigenvalue weighted by Gasteiger charge is -2.24. The average molecular weight is 631 g/mol. The van der Waals surface area contributed by atoms with E-state index < -0.39 is 32.5 Å². The number of hydrogen-bond donors (Lipinski definition) is 2. The Bertz CT molecular complexity index is 1680. The van der Waals surface area contributed by atoms with Crippen molar-refractivity contribution in [3.63, 3.8) is 0 Å². The number of benzene rings is 3. The molecule has 0 atom stereocenters. The summed E-state index contributed by atoms with van der Waals surface area (Å²) >= 11 is 3.33. The maximum absolute atomic E-state index is 13.4. The van der Waals surface area contributed by atoms with E-state index in [0.717, 1.165) is 8.78 Å². The number of sulfonamides is 2. The Labute approximate surface area is 235 Å². The minimum absolute atomic E-state index is 0.0376. The van der Waals surface area contributed by atoms with E-state index in [9.17, 15) is 21.6 Å². The molecular formula is C26H24BrN5O5S2. The minimum Gasteiger partial charge on any atom is -0.325 e. The smallest absolute Gasteiger partial charge is 0.264 e. The highest BCUT2D eigenvalue weighted by Crippen LogP contribution is 2.25. The van der Waals surface area contributed by atoms with Gasteiger partial charge >= 0.3 is 0 Å². The molecule has 10 nitrogen and oxygen atoms in total. The van der Waals surface area contributed by atoms with Gasteiger partial charge in [-0.3, -0.25) is 9.10 Å². The maximum Gasteiger partial charge on any atom is 0.264 e. The van der Waals surface area contributed by atoms with Crippen molar-refractivity contribution in [3.05, 3.63) is 101 Å². The van der Waals surface area contributed by atoms with Crippen LogP contribution in [0.15, 0.2) is 99.2 Å². The van der Waals surface area contributed by atoms with E-state index in [2.05, 4.69) is 35.9 Å². The largest absolute Gasteiger partial charge is 0.325 e. The van der Waals surface area contributed by atoms with Gasteiger partial charge in [-0.1, -0.05) is 34.1 Å². The number of nitrogens with one attached hydrogen (secondary N) is 2. The second-order valence-corrected chi connectivity index (χ2v) is 12.9. The number of aromatic nitrogens is 2. The first-order valence-corrected chi connectivity index (χ1v) is 15.2. The summed E-state index contributed by atoms with van der Waals surface area (Å²) in [6.45, 7) is 2.95. The monoisotopic (exact) mass is 629 g/mol. The first-order chi connectivity index (χ1) is 18.4. The van der Waals surface area contributed by atoms with Crippen molar-refractivity contribution in [1.29, 1.82) is 0 Å². The van der Waals surface area contributed by atoms with E-state index >= 15 is 0 Å². The molecule has 0 radical (unpaired) electrons. The summed E-state index contributed by atoms with van der Waals surface area (Å²) in [5.74, 6) is -0.660. The number of anilines is 3. The fraction of sp³-hybridized carbons (Fsp3) is 0.115. The molecule has 0 unspecified atom stereocenters. The van der Waals surface area contributed by atoms with Crippen LogP contribution < -0.4 is 14.3 Å². The van der Waals surface area contributed by atoms with Crippen molar-refractivity contribution in [3.8, 4) is 0 Å². The lowest BCUT2D eigenvalue weighted by atomic mass is 10.3. The molecule has 202 valence electrons. The fourth-order valence-electron chi connectivity index (χ4n) is 3.64. The van der Waals surface area contributed by atoms with Gasteiger partial charge in [-0.25, -0.2) is 31.5 Å². The Morgan fingerprint density at radius 3 is 2.00 bits per heavy atom. The van der Waals surface area contributed by atoms with Gasteiger partial charge in [-0.15, -0.1) is 0 Å². The highest BCUT2D eigenvalue weighted by atomic mass is 79.9. The molecule has 1 heterocycles. The second kappa shape index (κ2) is 11.5. The van der Waals surface area contributed by atoms with Crippen LogP contribution in [-0.2, 0) is 24.8 Å². The van der Waals surface area contributed by atoms with Gasteiger partial charge in [0.05, 0.1) is 15.5 Å². The zero-order chi connectivity index (χ0) is 28.2. The van der Waals surface area contributed by atoms with E-state index in [4.69, 9.17) is 0 Å². The van der Waals surface area contributed by atoms with Crippen LogP contribution in [0.3, 0.4) is 0 Å². The normalized spacial score (nSPS) is 11.6. The molecule has 0 aliphatic heterocycles. The molecule has 1 aromatic heterocycles. The van der Waals surface area contributed by atoms with Crippen molar-refractivity contribution in [2.75, 3.05) is 20.9 Å². The van der Waals surface area contributed by atoms with E-state index in [0.29, 0.717) is 17.1 Å². The molecule has 1 amide bonds. The molecule has 13 heteroatoms. The maximum atomic E-state index is 13.4. The van der Waals surface area contributed by atoms with Gasteiger partial charge in [0, 0.05) is 21.5 Å². The Morgan fingerprint density at radius 2 is 1.41 bits per heavy atom. The van der Waals surface area contributed by atoms with Crippen molar-refractivity contribution in [1.82, 2.24) is 9.97 Å². The van der Waals surface area contributed by atoms with Crippen LogP contribution >= 0.6 is 15.9 Å². The first-order valence-electron chi connectivity index (χ1n) is 11.5. The molecule has 3 aromatic carbocycles. The Hall–Kier alpha value is -3.81. The lowest BCUT2D eigenvalue weighted by molar-refractivity contribution is -0.114. The van der Waals surface area contributed by atoms with Crippen LogP contribution in [0.1, 0.15) is 11.4 Å². The first kappa shape index (κ1) is 28.2. The number of nitrogens with zero attached hydrogens (tertiary/aromatic N) is 3. The van der Waals surface area contributed by atoms with Crippen LogP contribution in [0.5, 0.6) is 0 Å². The highest BCUT2D eigenvalue weighted by Gasteiger charge is 2.27. The summed E-state index contributed by atoms with van der Waals surface area (Å²) in [5, 5.41) is 2.63. The summed E-state index contributed by atoms with van der Waals surface area (Å²) in [4.78, 5) is 21.1. The molecule has 4 aromatic rings. The summed E-state index contributed by atoms with van der Waals surface area (Å²) in [6.07, 6.45) is 0. The number of carbonyl (C=O) groups is 1. The van der Waals surface area contributed by atoms with Gasteiger partial charge in [0.2, 0.25) is 11.9 Å². The average Bonchev–Trinajstić information content (AvgIpc) is 2.88. The predicted molar refractivity (Wildman–Crippen MR) is 153 cm³/mol. The van der Waals surface area contributed by atoms with E-state index in [1.54, 1.807) is 62.4 Å².